The minimum Gasteiger partial charge on any atom is -0.497 e. The lowest BCUT2D eigenvalue weighted by Crippen LogP contribution is -2.48. The number of carbonyl (C=O) groups excluding carboxylic acids is 1. The summed E-state index contributed by atoms with van der Waals surface area (Å²) in [6.07, 6.45) is 0. The third-order valence-electron chi connectivity index (χ3n) is 4.53. The lowest BCUT2D eigenvalue weighted by Gasteiger charge is -2.35. The van der Waals surface area contributed by atoms with Gasteiger partial charge < -0.3 is 15.0 Å². The summed E-state index contributed by atoms with van der Waals surface area (Å²) >= 11 is 6.00. The Kier molecular flexibility index (Phi) is 6.17. The van der Waals surface area contributed by atoms with E-state index in [4.69, 9.17) is 21.6 Å². The molecule has 1 heterocycles. The Labute approximate surface area is 163 Å². The summed E-state index contributed by atoms with van der Waals surface area (Å²) in [7, 11) is 1.66. The number of benzene rings is 2. The number of hydrogen-bond donors (Lipinski definition) is 1. The normalized spacial score (nSPS) is 14.5. The van der Waals surface area contributed by atoms with Crippen LogP contribution in [-0.2, 0) is 4.79 Å². The number of halogens is 1. The number of nitrogens with zero attached hydrogens (tertiary/aromatic N) is 3. The van der Waals surface area contributed by atoms with Crippen molar-refractivity contribution in [2.24, 2.45) is 0 Å². The summed E-state index contributed by atoms with van der Waals surface area (Å²) < 4.78 is 5.28. The number of piperazine rings is 1. The standard InChI is InChI=1S/C20H21ClN4O2/c1-27-18-4-2-3-17(12-18)25-9-7-24(8-10-25)14-20(26)23-16-6-5-15(13-22)19(21)11-16/h2-6,11-12H,7-10,14H2,1H3,(H,23,26). The van der Waals surface area contributed by atoms with Gasteiger partial charge in [-0.1, -0.05) is 17.7 Å². The topological polar surface area (TPSA) is 68.6 Å². The molecule has 6 nitrogen and oxygen atoms in total. The van der Waals surface area contributed by atoms with Crippen LogP contribution in [0, 0.1) is 11.3 Å². The van der Waals surface area contributed by atoms with Gasteiger partial charge in [0.25, 0.3) is 0 Å². The zero-order valence-corrected chi connectivity index (χ0v) is 15.9. The summed E-state index contributed by atoms with van der Waals surface area (Å²) in [6.45, 7) is 3.63. The molecule has 27 heavy (non-hydrogen) atoms. The third-order valence-corrected chi connectivity index (χ3v) is 4.84. The van der Waals surface area contributed by atoms with E-state index in [2.05, 4.69) is 21.2 Å². The van der Waals surface area contributed by atoms with Crippen LogP contribution in [0.25, 0.3) is 0 Å². The van der Waals surface area contributed by atoms with E-state index in [1.54, 1.807) is 25.3 Å². The average Bonchev–Trinajstić information content (AvgIpc) is 2.68. The molecule has 0 bridgehead atoms. The van der Waals surface area contributed by atoms with Crippen molar-refractivity contribution in [3.05, 3.63) is 53.1 Å². The van der Waals surface area contributed by atoms with Crippen molar-refractivity contribution in [1.29, 1.82) is 5.26 Å². The van der Waals surface area contributed by atoms with Gasteiger partial charge >= 0.3 is 0 Å². The third kappa shape index (κ3) is 4.91. The van der Waals surface area contributed by atoms with Crippen molar-refractivity contribution in [3.63, 3.8) is 0 Å². The van der Waals surface area contributed by atoms with Gasteiger partial charge in [-0.3, -0.25) is 9.69 Å². The van der Waals surface area contributed by atoms with E-state index in [9.17, 15) is 4.79 Å². The second-order valence-electron chi connectivity index (χ2n) is 6.32. The van der Waals surface area contributed by atoms with E-state index in [1.807, 2.05) is 24.3 Å². The molecule has 0 saturated carbocycles. The van der Waals surface area contributed by atoms with E-state index >= 15 is 0 Å². The molecule has 1 fully saturated rings. The van der Waals surface area contributed by atoms with E-state index < -0.39 is 0 Å². The van der Waals surface area contributed by atoms with Crippen LogP contribution in [0.4, 0.5) is 11.4 Å². The second kappa shape index (κ2) is 8.76. The molecule has 0 aromatic heterocycles. The molecule has 1 aliphatic rings. The first-order valence-corrected chi connectivity index (χ1v) is 9.07. The minimum absolute atomic E-state index is 0.0920. The highest BCUT2D eigenvalue weighted by Gasteiger charge is 2.19. The summed E-state index contributed by atoms with van der Waals surface area (Å²) in [4.78, 5) is 16.7. The second-order valence-corrected chi connectivity index (χ2v) is 6.73. The number of carbonyl (C=O) groups is 1. The first-order valence-electron chi connectivity index (χ1n) is 8.70. The fraction of sp³-hybridized carbons (Fsp3) is 0.300. The maximum absolute atomic E-state index is 12.3. The summed E-state index contributed by atoms with van der Waals surface area (Å²) in [5, 5.41) is 12.1. The van der Waals surface area contributed by atoms with Crippen LogP contribution in [0.1, 0.15) is 5.56 Å². The van der Waals surface area contributed by atoms with Crippen LogP contribution >= 0.6 is 11.6 Å². The SMILES string of the molecule is COc1cccc(N2CCN(CC(=O)Nc3ccc(C#N)c(Cl)c3)CC2)c1. The molecule has 1 saturated heterocycles. The monoisotopic (exact) mass is 384 g/mol. The fourth-order valence-electron chi connectivity index (χ4n) is 3.06. The Morgan fingerprint density at radius 3 is 2.67 bits per heavy atom. The Morgan fingerprint density at radius 2 is 2.00 bits per heavy atom. The van der Waals surface area contributed by atoms with Gasteiger partial charge in [0.1, 0.15) is 11.8 Å². The first kappa shape index (κ1) is 19.0. The van der Waals surface area contributed by atoms with E-state index in [1.165, 1.54) is 0 Å². The van der Waals surface area contributed by atoms with Gasteiger partial charge in [0.05, 0.1) is 24.2 Å². The molecule has 1 aliphatic heterocycles. The number of amides is 1. The van der Waals surface area contributed by atoms with Gasteiger partial charge in [-0.25, -0.2) is 0 Å². The highest BCUT2D eigenvalue weighted by Crippen LogP contribution is 2.22. The van der Waals surface area contributed by atoms with Crippen molar-refractivity contribution >= 4 is 28.9 Å². The maximum Gasteiger partial charge on any atom is 0.238 e. The number of nitrogens with one attached hydrogen (secondary N) is 1. The number of nitriles is 1. The van der Waals surface area contributed by atoms with Crippen molar-refractivity contribution < 1.29 is 9.53 Å². The van der Waals surface area contributed by atoms with Gasteiger partial charge in [0, 0.05) is 43.6 Å². The van der Waals surface area contributed by atoms with Crippen molar-refractivity contribution in [3.8, 4) is 11.8 Å². The highest BCUT2D eigenvalue weighted by atomic mass is 35.5. The van der Waals surface area contributed by atoms with Crippen LogP contribution in [-0.4, -0.2) is 50.6 Å². The van der Waals surface area contributed by atoms with Crippen LogP contribution in [0.5, 0.6) is 5.75 Å². The van der Waals surface area contributed by atoms with E-state index in [0.717, 1.165) is 37.6 Å². The van der Waals surface area contributed by atoms with Crippen LogP contribution in [0.2, 0.25) is 5.02 Å². The fourth-order valence-corrected chi connectivity index (χ4v) is 3.28. The van der Waals surface area contributed by atoms with E-state index in [-0.39, 0.29) is 5.91 Å². The molecule has 3 rings (SSSR count). The number of hydrogen-bond acceptors (Lipinski definition) is 5. The molecule has 0 unspecified atom stereocenters. The molecule has 1 amide bonds. The van der Waals surface area contributed by atoms with Gasteiger partial charge in [0.15, 0.2) is 0 Å². The minimum atomic E-state index is -0.0920. The van der Waals surface area contributed by atoms with Crippen LogP contribution < -0.4 is 15.0 Å². The molecule has 0 radical (unpaired) electrons. The maximum atomic E-state index is 12.3. The lowest BCUT2D eigenvalue weighted by molar-refractivity contribution is -0.117. The summed E-state index contributed by atoms with van der Waals surface area (Å²) in [5.41, 5.74) is 2.12. The quantitative estimate of drug-likeness (QED) is 0.858. The summed E-state index contributed by atoms with van der Waals surface area (Å²) in [6, 6.07) is 14.9. The molecular weight excluding hydrogens is 364 g/mol. The Balaban J connectivity index is 1.50. The van der Waals surface area contributed by atoms with Crippen molar-refractivity contribution in [2.75, 3.05) is 50.1 Å². The zero-order chi connectivity index (χ0) is 19.2. The molecule has 0 spiro atoms. The molecular formula is C20H21ClN4O2. The smallest absolute Gasteiger partial charge is 0.238 e. The predicted molar refractivity (Wildman–Crippen MR) is 106 cm³/mol. The number of rotatable bonds is 5. The molecule has 2 aromatic carbocycles. The number of ether oxygens (including phenoxy) is 1. The van der Waals surface area contributed by atoms with Gasteiger partial charge in [-0.05, 0) is 30.3 Å². The predicted octanol–water partition coefficient (Wildman–Crippen LogP) is 2.98. The Hall–Kier alpha value is -2.75. The number of methoxy groups -OCH3 is 1. The largest absolute Gasteiger partial charge is 0.497 e. The van der Waals surface area contributed by atoms with Crippen molar-refractivity contribution in [2.45, 2.75) is 0 Å². The molecule has 7 heteroatoms. The van der Waals surface area contributed by atoms with Gasteiger partial charge in [-0.15, -0.1) is 0 Å². The molecule has 140 valence electrons. The van der Waals surface area contributed by atoms with Gasteiger partial charge in [-0.2, -0.15) is 5.26 Å². The number of anilines is 2. The Morgan fingerprint density at radius 1 is 1.22 bits per heavy atom. The Bertz CT molecular complexity index is 857. The highest BCUT2D eigenvalue weighted by molar-refractivity contribution is 6.32. The first-order chi connectivity index (χ1) is 13.1. The molecule has 2 aromatic rings. The van der Waals surface area contributed by atoms with E-state index in [0.29, 0.717) is 22.8 Å². The van der Waals surface area contributed by atoms with Crippen molar-refractivity contribution in [1.82, 2.24) is 4.90 Å². The zero-order valence-electron chi connectivity index (χ0n) is 15.1. The lowest BCUT2D eigenvalue weighted by atomic mass is 10.2. The average molecular weight is 385 g/mol. The van der Waals surface area contributed by atoms with Crippen LogP contribution in [0.15, 0.2) is 42.5 Å². The molecule has 1 N–H and O–H groups in total. The van der Waals surface area contributed by atoms with Crippen LogP contribution in [0.3, 0.4) is 0 Å². The van der Waals surface area contributed by atoms with Gasteiger partial charge in [0.2, 0.25) is 5.91 Å². The summed E-state index contributed by atoms with van der Waals surface area (Å²) in [5.74, 6) is 0.751. The molecule has 0 aliphatic carbocycles. The molecule has 0 atom stereocenters.